The molecule has 0 saturated carbocycles. The van der Waals surface area contributed by atoms with Crippen LogP contribution in [0.5, 0.6) is 0 Å². The summed E-state index contributed by atoms with van der Waals surface area (Å²) in [4.78, 5) is 0.111. The SMILES string of the molecule is O=S(=O)(c1ccc(F)cc1)N1CCC(n2cc(CCCO)nn2)CC1. The van der Waals surface area contributed by atoms with Gasteiger partial charge in [0.2, 0.25) is 10.0 Å². The van der Waals surface area contributed by atoms with Crippen LogP contribution in [0, 0.1) is 5.82 Å². The molecule has 0 radical (unpaired) electrons. The molecular weight excluding hydrogens is 347 g/mol. The fourth-order valence-electron chi connectivity index (χ4n) is 2.97. The zero-order valence-corrected chi connectivity index (χ0v) is 14.6. The van der Waals surface area contributed by atoms with Crippen molar-refractivity contribution in [2.75, 3.05) is 19.7 Å². The number of hydrogen-bond donors (Lipinski definition) is 1. The smallest absolute Gasteiger partial charge is 0.243 e. The Kier molecular flexibility index (Phi) is 5.45. The molecule has 1 saturated heterocycles. The minimum atomic E-state index is -3.60. The second-order valence-corrected chi connectivity index (χ2v) is 8.04. The van der Waals surface area contributed by atoms with Crippen LogP contribution in [0.25, 0.3) is 0 Å². The molecule has 0 bridgehead atoms. The Morgan fingerprint density at radius 1 is 1.20 bits per heavy atom. The van der Waals surface area contributed by atoms with Gasteiger partial charge in [0.1, 0.15) is 5.82 Å². The Morgan fingerprint density at radius 3 is 2.52 bits per heavy atom. The van der Waals surface area contributed by atoms with E-state index >= 15 is 0 Å². The molecule has 1 fully saturated rings. The number of rotatable bonds is 6. The molecule has 1 aliphatic rings. The second kappa shape index (κ2) is 7.59. The van der Waals surface area contributed by atoms with Gasteiger partial charge in [-0.1, -0.05) is 5.21 Å². The van der Waals surface area contributed by atoms with Crippen molar-refractivity contribution in [1.82, 2.24) is 19.3 Å². The van der Waals surface area contributed by atoms with Gasteiger partial charge in [-0.2, -0.15) is 4.31 Å². The standard InChI is InChI=1S/C16H21FN4O3S/c17-13-3-5-16(6-4-13)25(23,24)20-9-7-15(8-10-20)21-12-14(18-19-21)2-1-11-22/h3-6,12,15,22H,1-2,7-11H2. The molecule has 0 unspecified atom stereocenters. The Labute approximate surface area is 146 Å². The quantitative estimate of drug-likeness (QED) is 0.832. The monoisotopic (exact) mass is 368 g/mol. The molecule has 7 nitrogen and oxygen atoms in total. The summed E-state index contributed by atoms with van der Waals surface area (Å²) >= 11 is 0. The molecule has 136 valence electrons. The van der Waals surface area contributed by atoms with Gasteiger partial charge in [-0.05, 0) is 49.9 Å². The molecular formula is C16H21FN4O3S. The number of halogens is 1. The van der Waals surface area contributed by atoms with Crippen LogP contribution in [0.2, 0.25) is 0 Å². The number of aliphatic hydroxyl groups is 1. The van der Waals surface area contributed by atoms with E-state index < -0.39 is 15.8 Å². The molecule has 0 aliphatic carbocycles. The van der Waals surface area contributed by atoms with Crippen LogP contribution in [0.4, 0.5) is 4.39 Å². The van der Waals surface area contributed by atoms with Gasteiger partial charge in [-0.15, -0.1) is 5.10 Å². The second-order valence-electron chi connectivity index (χ2n) is 6.11. The number of nitrogens with zero attached hydrogens (tertiary/aromatic N) is 4. The maximum atomic E-state index is 13.0. The first-order valence-electron chi connectivity index (χ1n) is 8.28. The molecule has 1 aromatic heterocycles. The minimum absolute atomic E-state index is 0.107. The Balaban J connectivity index is 1.63. The Hall–Kier alpha value is -1.84. The Bertz CT molecular complexity index is 799. The molecule has 0 spiro atoms. The van der Waals surface area contributed by atoms with Crippen LogP contribution in [0.15, 0.2) is 35.4 Å². The number of aliphatic hydroxyl groups excluding tert-OH is 1. The number of sulfonamides is 1. The highest BCUT2D eigenvalue weighted by atomic mass is 32.2. The van der Waals surface area contributed by atoms with Crippen LogP contribution in [0.3, 0.4) is 0 Å². The summed E-state index contributed by atoms with van der Waals surface area (Å²) in [5.74, 6) is -0.458. The van der Waals surface area contributed by atoms with Crippen molar-refractivity contribution in [1.29, 1.82) is 0 Å². The largest absolute Gasteiger partial charge is 0.396 e. The first-order chi connectivity index (χ1) is 12.0. The normalized spacial score (nSPS) is 17.0. The van der Waals surface area contributed by atoms with Crippen molar-refractivity contribution in [2.24, 2.45) is 0 Å². The van der Waals surface area contributed by atoms with Crippen molar-refractivity contribution >= 4 is 10.0 Å². The lowest BCUT2D eigenvalue weighted by Gasteiger charge is -2.31. The van der Waals surface area contributed by atoms with E-state index in [1.807, 2.05) is 6.20 Å². The van der Waals surface area contributed by atoms with Crippen LogP contribution in [-0.4, -0.2) is 52.5 Å². The maximum absolute atomic E-state index is 13.0. The molecule has 0 amide bonds. The van der Waals surface area contributed by atoms with Gasteiger partial charge in [0, 0.05) is 25.9 Å². The zero-order valence-electron chi connectivity index (χ0n) is 13.8. The van der Waals surface area contributed by atoms with E-state index in [0.717, 1.165) is 17.8 Å². The van der Waals surface area contributed by atoms with Crippen molar-refractivity contribution < 1.29 is 17.9 Å². The topological polar surface area (TPSA) is 88.3 Å². The van der Waals surface area contributed by atoms with Crippen LogP contribution >= 0.6 is 0 Å². The molecule has 0 atom stereocenters. The van der Waals surface area contributed by atoms with E-state index in [1.165, 1.54) is 16.4 Å². The molecule has 1 N–H and O–H groups in total. The number of piperidine rings is 1. The van der Waals surface area contributed by atoms with E-state index in [1.54, 1.807) is 4.68 Å². The van der Waals surface area contributed by atoms with E-state index in [-0.39, 0.29) is 17.5 Å². The highest BCUT2D eigenvalue weighted by Gasteiger charge is 2.30. The number of benzene rings is 1. The van der Waals surface area contributed by atoms with Gasteiger partial charge in [-0.25, -0.2) is 17.5 Å². The van der Waals surface area contributed by atoms with Crippen LogP contribution in [0.1, 0.15) is 31.0 Å². The molecule has 2 heterocycles. The summed E-state index contributed by atoms with van der Waals surface area (Å²) in [6.07, 6.45) is 4.47. The average Bonchev–Trinajstić information content (AvgIpc) is 3.09. The van der Waals surface area contributed by atoms with Gasteiger partial charge in [0.25, 0.3) is 0 Å². The highest BCUT2D eigenvalue weighted by Crippen LogP contribution is 2.26. The van der Waals surface area contributed by atoms with E-state index in [0.29, 0.717) is 38.8 Å². The van der Waals surface area contributed by atoms with Gasteiger partial charge in [0.15, 0.2) is 0 Å². The van der Waals surface area contributed by atoms with Crippen molar-refractivity contribution in [3.05, 3.63) is 42.0 Å². The molecule has 25 heavy (non-hydrogen) atoms. The fraction of sp³-hybridized carbons (Fsp3) is 0.500. The summed E-state index contributed by atoms with van der Waals surface area (Å²) in [6, 6.07) is 5.00. The van der Waals surface area contributed by atoms with E-state index in [4.69, 9.17) is 5.11 Å². The first kappa shape index (κ1) is 18.0. The Morgan fingerprint density at radius 2 is 1.88 bits per heavy atom. The lowest BCUT2D eigenvalue weighted by Crippen LogP contribution is -2.39. The lowest BCUT2D eigenvalue weighted by atomic mass is 10.1. The molecule has 3 rings (SSSR count). The predicted molar refractivity (Wildman–Crippen MR) is 88.9 cm³/mol. The van der Waals surface area contributed by atoms with Crippen LogP contribution < -0.4 is 0 Å². The van der Waals surface area contributed by atoms with Crippen molar-refractivity contribution in [3.63, 3.8) is 0 Å². The van der Waals surface area contributed by atoms with Gasteiger partial charge < -0.3 is 5.11 Å². The third kappa shape index (κ3) is 4.05. The number of aryl methyl sites for hydroxylation is 1. The molecule has 1 aromatic carbocycles. The van der Waals surface area contributed by atoms with Gasteiger partial charge >= 0.3 is 0 Å². The van der Waals surface area contributed by atoms with E-state index in [2.05, 4.69) is 10.3 Å². The summed E-state index contributed by atoms with van der Waals surface area (Å²) in [5, 5.41) is 17.1. The highest BCUT2D eigenvalue weighted by molar-refractivity contribution is 7.89. The van der Waals surface area contributed by atoms with Crippen molar-refractivity contribution in [2.45, 2.75) is 36.6 Å². The van der Waals surface area contributed by atoms with Crippen molar-refractivity contribution in [3.8, 4) is 0 Å². The summed E-state index contributed by atoms with van der Waals surface area (Å²) in [7, 11) is -3.60. The maximum Gasteiger partial charge on any atom is 0.243 e. The van der Waals surface area contributed by atoms with E-state index in [9.17, 15) is 12.8 Å². The molecule has 9 heteroatoms. The summed E-state index contributed by atoms with van der Waals surface area (Å²) in [6.45, 7) is 0.888. The predicted octanol–water partition coefficient (Wildman–Crippen LogP) is 1.37. The lowest BCUT2D eigenvalue weighted by molar-refractivity contribution is 0.258. The first-order valence-corrected chi connectivity index (χ1v) is 9.72. The zero-order chi connectivity index (χ0) is 17.9. The number of aromatic nitrogens is 3. The third-order valence-corrected chi connectivity index (χ3v) is 6.31. The molecule has 2 aromatic rings. The molecule has 1 aliphatic heterocycles. The van der Waals surface area contributed by atoms with Crippen LogP contribution in [-0.2, 0) is 16.4 Å². The summed E-state index contributed by atoms with van der Waals surface area (Å²) < 4.78 is 41.4. The fourth-order valence-corrected chi connectivity index (χ4v) is 4.44. The average molecular weight is 368 g/mol. The van der Waals surface area contributed by atoms with Gasteiger partial charge in [-0.3, -0.25) is 0 Å². The van der Waals surface area contributed by atoms with Gasteiger partial charge in [0.05, 0.1) is 16.6 Å². The number of hydrogen-bond acceptors (Lipinski definition) is 5. The third-order valence-electron chi connectivity index (χ3n) is 4.40. The minimum Gasteiger partial charge on any atom is -0.396 e. The summed E-state index contributed by atoms with van der Waals surface area (Å²) in [5.41, 5.74) is 0.829.